The largest absolute Gasteiger partial charge is 0.435 e. The van der Waals surface area contributed by atoms with Gasteiger partial charge in [0.25, 0.3) is 0 Å². The molecule has 0 bridgehead atoms. The van der Waals surface area contributed by atoms with Crippen molar-refractivity contribution in [2.24, 2.45) is 0 Å². The van der Waals surface area contributed by atoms with Crippen LogP contribution < -0.4 is 0 Å². The van der Waals surface area contributed by atoms with Crippen LogP contribution >= 0.6 is 0 Å². The number of hydrogen-bond acceptors (Lipinski definition) is 2. The van der Waals surface area contributed by atoms with Crippen LogP contribution in [-0.2, 0) is 12.7 Å². The maximum Gasteiger partial charge on any atom is 0.435 e. The molecule has 0 aromatic carbocycles. The average Bonchev–Trinajstić information content (AvgIpc) is 2.47. The van der Waals surface area contributed by atoms with Crippen LogP contribution in [0.25, 0.3) is 0 Å². The summed E-state index contributed by atoms with van der Waals surface area (Å²) < 4.78 is 37.5. The second-order valence-electron chi connectivity index (χ2n) is 3.19. The highest BCUT2D eigenvalue weighted by Crippen LogP contribution is 2.26. The number of halogens is 3. The van der Waals surface area contributed by atoms with E-state index in [-0.39, 0.29) is 0 Å². The Kier molecular flexibility index (Phi) is 3.15. The second kappa shape index (κ2) is 4.00. The van der Waals surface area contributed by atoms with Crippen molar-refractivity contribution in [2.75, 3.05) is 20.6 Å². The highest BCUT2D eigenvalue weighted by molar-refractivity contribution is 5.00. The minimum Gasteiger partial charge on any atom is -0.308 e. The van der Waals surface area contributed by atoms with E-state index in [0.717, 1.165) is 0 Å². The number of likely N-dealkylation sites (N-methyl/N-ethyl adjacent to an activating group) is 1. The zero-order chi connectivity index (χ0) is 10.8. The topological polar surface area (TPSA) is 21.1 Å². The lowest BCUT2D eigenvalue weighted by molar-refractivity contribution is -0.141. The molecule has 0 spiro atoms. The summed E-state index contributed by atoms with van der Waals surface area (Å²) >= 11 is 0. The number of rotatable bonds is 3. The first-order valence-corrected chi connectivity index (χ1v) is 4.06. The van der Waals surface area contributed by atoms with Gasteiger partial charge >= 0.3 is 6.18 Å². The average molecular weight is 206 g/mol. The monoisotopic (exact) mass is 206 g/mol. The summed E-state index contributed by atoms with van der Waals surface area (Å²) in [6.07, 6.45) is -3.18. The Bertz CT molecular complexity index is 290. The molecule has 0 aliphatic heterocycles. The molecule has 0 aliphatic carbocycles. The van der Waals surface area contributed by atoms with Gasteiger partial charge < -0.3 is 4.90 Å². The molecule has 0 aliphatic rings. The number of aromatic nitrogens is 2. The molecule has 1 aromatic rings. The fourth-order valence-electron chi connectivity index (χ4n) is 0.877. The molecule has 0 fully saturated rings. The van der Waals surface area contributed by atoms with Crippen molar-refractivity contribution in [3.05, 3.63) is 18.0 Å². The molecule has 3 nitrogen and oxygen atoms in total. The Balaban J connectivity index is 2.60. The molecule has 6 heteroatoms. The van der Waals surface area contributed by atoms with E-state index in [1.807, 2.05) is 19.0 Å². The molecular weight excluding hydrogens is 195 g/mol. The molecule has 1 radical (unpaired) electrons. The molecule has 0 atom stereocenters. The van der Waals surface area contributed by atoms with Gasteiger partial charge in [0, 0.05) is 18.8 Å². The highest BCUT2D eigenvalue weighted by Gasteiger charge is 2.33. The minimum absolute atomic E-state index is 0.430. The zero-order valence-corrected chi connectivity index (χ0v) is 7.97. The van der Waals surface area contributed by atoms with Gasteiger partial charge in [0.2, 0.25) is 0 Å². The van der Waals surface area contributed by atoms with Crippen molar-refractivity contribution in [3.8, 4) is 0 Å². The molecule has 1 rings (SSSR count). The van der Waals surface area contributed by atoms with Gasteiger partial charge in [-0.25, -0.2) is 0 Å². The van der Waals surface area contributed by atoms with E-state index < -0.39 is 11.9 Å². The summed E-state index contributed by atoms with van der Waals surface area (Å²) in [5.41, 5.74) is -0.962. The normalized spacial score (nSPS) is 12.4. The summed E-state index contributed by atoms with van der Waals surface area (Å²) in [7, 11) is 3.69. The third-order valence-electron chi connectivity index (χ3n) is 1.62. The van der Waals surface area contributed by atoms with Crippen LogP contribution in [0.5, 0.6) is 0 Å². The Morgan fingerprint density at radius 1 is 1.50 bits per heavy atom. The number of nitrogens with zero attached hydrogens (tertiary/aromatic N) is 3. The van der Waals surface area contributed by atoms with Crippen LogP contribution in [0, 0.1) is 6.07 Å². The molecule has 0 N–H and O–H groups in total. The van der Waals surface area contributed by atoms with Gasteiger partial charge in [-0.1, -0.05) is 0 Å². The summed E-state index contributed by atoms with van der Waals surface area (Å²) in [4.78, 5) is 1.87. The van der Waals surface area contributed by atoms with Gasteiger partial charge in [0.1, 0.15) is 0 Å². The first-order valence-electron chi connectivity index (χ1n) is 4.06. The van der Waals surface area contributed by atoms with Crippen molar-refractivity contribution >= 4 is 0 Å². The highest BCUT2D eigenvalue weighted by atomic mass is 19.4. The van der Waals surface area contributed by atoms with E-state index >= 15 is 0 Å². The first-order chi connectivity index (χ1) is 6.39. The SMILES string of the molecule is CN(C)CCn1c[c]c(C(F)(F)F)n1. The van der Waals surface area contributed by atoms with E-state index in [9.17, 15) is 13.2 Å². The molecule has 1 aromatic heterocycles. The van der Waals surface area contributed by atoms with Crippen molar-refractivity contribution in [1.82, 2.24) is 14.7 Å². The van der Waals surface area contributed by atoms with Gasteiger partial charge in [-0.2, -0.15) is 18.3 Å². The number of alkyl halides is 3. The number of hydrogen-bond donors (Lipinski definition) is 0. The quantitative estimate of drug-likeness (QED) is 0.742. The fourth-order valence-corrected chi connectivity index (χ4v) is 0.877. The Hall–Kier alpha value is -1.04. The molecular formula is C8H11F3N3. The van der Waals surface area contributed by atoms with Crippen LogP contribution in [0.2, 0.25) is 0 Å². The van der Waals surface area contributed by atoms with E-state index in [0.29, 0.717) is 13.1 Å². The van der Waals surface area contributed by atoms with Gasteiger partial charge in [0.15, 0.2) is 5.69 Å². The molecule has 0 saturated carbocycles. The van der Waals surface area contributed by atoms with Crippen molar-refractivity contribution < 1.29 is 13.2 Å². The smallest absolute Gasteiger partial charge is 0.308 e. The predicted molar refractivity (Wildman–Crippen MR) is 44.6 cm³/mol. The van der Waals surface area contributed by atoms with E-state index in [4.69, 9.17) is 0 Å². The third-order valence-corrected chi connectivity index (χ3v) is 1.62. The molecule has 1 heterocycles. The van der Waals surface area contributed by atoms with Crippen LogP contribution in [-0.4, -0.2) is 35.3 Å². The molecule has 0 saturated heterocycles. The van der Waals surface area contributed by atoms with Crippen molar-refractivity contribution in [2.45, 2.75) is 12.7 Å². The molecule has 0 amide bonds. The lowest BCUT2D eigenvalue weighted by atomic mass is 10.4. The van der Waals surface area contributed by atoms with Gasteiger partial charge in [0.05, 0.1) is 6.54 Å². The maximum atomic E-state index is 12.1. The summed E-state index contributed by atoms with van der Waals surface area (Å²) in [6.45, 7) is 1.08. The van der Waals surface area contributed by atoms with Crippen LogP contribution in [0.4, 0.5) is 13.2 Å². The minimum atomic E-state index is -4.40. The van der Waals surface area contributed by atoms with Crippen LogP contribution in [0.1, 0.15) is 5.69 Å². The van der Waals surface area contributed by atoms with Gasteiger partial charge in [-0.05, 0) is 14.1 Å². The molecule has 0 unspecified atom stereocenters. The lowest BCUT2D eigenvalue weighted by Gasteiger charge is -2.08. The summed E-state index contributed by atoms with van der Waals surface area (Å²) in [5, 5.41) is 3.36. The second-order valence-corrected chi connectivity index (χ2v) is 3.19. The lowest BCUT2D eigenvalue weighted by Crippen LogP contribution is -2.19. The fraction of sp³-hybridized carbons (Fsp3) is 0.625. The van der Waals surface area contributed by atoms with Crippen molar-refractivity contribution in [1.29, 1.82) is 0 Å². The third kappa shape index (κ3) is 3.02. The van der Waals surface area contributed by atoms with Crippen LogP contribution in [0.3, 0.4) is 0 Å². The van der Waals surface area contributed by atoms with Crippen LogP contribution in [0.15, 0.2) is 6.20 Å². The van der Waals surface area contributed by atoms with E-state index in [1.54, 1.807) is 0 Å². The Morgan fingerprint density at radius 2 is 2.14 bits per heavy atom. The predicted octanol–water partition coefficient (Wildman–Crippen LogP) is 1.26. The summed E-state index contributed by atoms with van der Waals surface area (Å²) in [6, 6.07) is 2.08. The molecule has 14 heavy (non-hydrogen) atoms. The standard InChI is InChI=1S/C8H11F3N3/c1-13(2)5-6-14-4-3-7(12-14)8(9,10)11/h4H,5-6H2,1-2H3. The van der Waals surface area contributed by atoms with Gasteiger partial charge in [-0.3, -0.25) is 4.68 Å². The molecule has 79 valence electrons. The van der Waals surface area contributed by atoms with E-state index in [1.165, 1.54) is 10.9 Å². The Morgan fingerprint density at radius 3 is 2.57 bits per heavy atom. The Labute approximate surface area is 80.1 Å². The maximum absolute atomic E-state index is 12.1. The first kappa shape index (κ1) is 11.0. The van der Waals surface area contributed by atoms with Crippen molar-refractivity contribution in [3.63, 3.8) is 0 Å². The van der Waals surface area contributed by atoms with Gasteiger partial charge in [-0.15, -0.1) is 0 Å². The summed E-state index contributed by atoms with van der Waals surface area (Å²) in [5.74, 6) is 0. The van der Waals surface area contributed by atoms with E-state index in [2.05, 4.69) is 11.2 Å². The zero-order valence-electron chi connectivity index (χ0n) is 7.97.